The highest BCUT2D eigenvalue weighted by atomic mass is 16.4. The summed E-state index contributed by atoms with van der Waals surface area (Å²) in [4.78, 5) is 191. The number of nitrogens with one attached hydrogen (secondary N) is 10. The number of rotatable bonds is 53. The number of guanidine groups is 2. The van der Waals surface area contributed by atoms with E-state index < -0.39 is 162 Å². The first kappa shape index (κ1) is 90.1. The van der Waals surface area contributed by atoms with Gasteiger partial charge in [0.1, 0.15) is 5.75 Å². The van der Waals surface area contributed by atoms with Gasteiger partial charge in [-0.1, -0.05) is 149 Å². The Labute approximate surface area is 657 Å². The van der Waals surface area contributed by atoms with Crippen LogP contribution in [0.25, 0.3) is 10.8 Å². The number of aromatic hydroxyl groups is 1. The number of unbranched alkanes of at least 4 members (excludes halogenated alkanes) is 1. The summed E-state index contributed by atoms with van der Waals surface area (Å²) in [5, 5.41) is 56.3. The highest BCUT2D eigenvalue weighted by molar-refractivity contribution is 6.00. The van der Waals surface area contributed by atoms with E-state index in [9.17, 15) is 58.2 Å². The molecule has 1 heterocycles. The van der Waals surface area contributed by atoms with Crippen LogP contribution in [0.1, 0.15) is 151 Å². The van der Waals surface area contributed by atoms with Gasteiger partial charge in [-0.3, -0.25) is 73.1 Å². The Morgan fingerprint density at radius 3 is 1.52 bits per heavy atom. The number of ketones is 6. The molecule has 0 saturated carbocycles. The number of aliphatic carboxylic acids is 1. The number of carbonyl (C=O) groups is 13. The summed E-state index contributed by atoms with van der Waals surface area (Å²) >= 11 is 0. The van der Waals surface area contributed by atoms with Crippen molar-refractivity contribution in [3.05, 3.63) is 168 Å². The zero-order valence-corrected chi connectivity index (χ0v) is 64.4. The Bertz CT molecular complexity index is 4220. The van der Waals surface area contributed by atoms with E-state index in [1.54, 1.807) is 98.8 Å². The molecule has 0 saturated heterocycles. The fourth-order valence-electron chi connectivity index (χ4n) is 13.3. The number of H-pyrrole nitrogens is 1. The number of hydrogen-bond donors (Lipinski definition) is 16. The topological polar surface area (TPSA) is 527 Å². The van der Waals surface area contributed by atoms with Crippen molar-refractivity contribution in [2.75, 3.05) is 13.1 Å². The molecule has 0 bridgehead atoms. The number of Topliss-reactive ketones (excluding diaryl/α,β-unsaturated/α-hetero) is 6. The summed E-state index contributed by atoms with van der Waals surface area (Å²) in [6.07, 6.45) is -0.316. The number of aromatic nitrogens is 2. The number of nitrogens with zero attached hydrogens (tertiary/aromatic N) is 1. The van der Waals surface area contributed by atoms with Gasteiger partial charge in [0.15, 0.2) is 46.6 Å². The van der Waals surface area contributed by atoms with Crippen molar-refractivity contribution >= 4 is 98.8 Å². The lowest BCUT2D eigenvalue weighted by Gasteiger charge is -2.26. The Morgan fingerprint density at radius 1 is 0.460 bits per heavy atom. The van der Waals surface area contributed by atoms with Gasteiger partial charge >= 0.3 is 5.97 Å². The predicted octanol–water partition coefficient (Wildman–Crippen LogP) is 4.87. The number of hydrogen-bond acceptors (Lipinski definition) is 18. The normalized spacial score (nSPS) is 13.8. The first-order chi connectivity index (χ1) is 53.9. The number of phenols is 1. The van der Waals surface area contributed by atoms with E-state index in [4.69, 9.17) is 33.8 Å². The van der Waals surface area contributed by atoms with Gasteiger partial charge in [0.2, 0.25) is 35.4 Å². The van der Waals surface area contributed by atoms with Crippen LogP contribution in [0, 0.1) is 40.4 Å². The SMILES string of the molecule is CCCC[C@H](NC(=O)[C@@H](CC(=O)[C@@H](N)Cc1ccc(O)cc1)C(C)C)C(=O)CCC(=O)N[C@@H](Cc1cnc[nH]1)C(=O)C[C@@H](Cc1ccccc1)C(=O)N[C@@H](CCCNC(=N)N)C(=O)C[C@@H](Cc1ccc2ccccc2c1)C(=O)N[C@@H](CC(=O)O)C(=O)C[C@@H](CCCNC(=N)N)C(=O)N[C@@H](Cc1ccccc1)C(=O)CCC(N)=O. The number of carboxylic acid groups (broad SMARTS) is 1. The molecule has 0 aliphatic rings. The minimum absolute atomic E-state index is 0.00818. The van der Waals surface area contributed by atoms with Crippen LogP contribution < -0.4 is 60.2 Å². The van der Waals surface area contributed by atoms with Gasteiger partial charge in [-0.2, -0.15) is 0 Å². The number of amides is 6. The van der Waals surface area contributed by atoms with E-state index in [0.29, 0.717) is 40.8 Å². The van der Waals surface area contributed by atoms with Crippen molar-refractivity contribution in [2.24, 2.45) is 52.5 Å². The van der Waals surface area contributed by atoms with Crippen LogP contribution in [-0.2, 0) is 94.4 Å². The molecule has 0 fully saturated rings. The Balaban J connectivity index is 1.26. The number of phenolic OH excluding ortho intramolecular Hbond substituents is 1. The Morgan fingerprint density at radius 2 is 0.938 bits per heavy atom. The van der Waals surface area contributed by atoms with E-state index >= 15 is 14.4 Å². The van der Waals surface area contributed by atoms with Gasteiger partial charge in [0, 0.05) is 106 Å². The van der Waals surface area contributed by atoms with Gasteiger partial charge in [0.05, 0.1) is 49.0 Å². The number of nitrogens with two attached hydrogens (primary N) is 4. The third kappa shape index (κ3) is 32.2. The zero-order chi connectivity index (χ0) is 82.5. The molecule has 20 N–H and O–H groups in total. The molecule has 0 unspecified atom stereocenters. The van der Waals surface area contributed by atoms with Crippen LogP contribution in [0.3, 0.4) is 0 Å². The number of benzene rings is 5. The van der Waals surface area contributed by atoms with Crippen molar-refractivity contribution in [2.45, 2.75) is 192 Å². The molecule has 0 radical (unpaired) electrons. The minimum Gasteiger partial charge on any atom is -0.508 e. The number of primary amides is 1. The van der Waals surface area contributed by atoms with Crippen molar-refractivity contribution in [1.82, 2.24) is 47.2 Å². The summed E-state index contributed by atoms with van der Waals surface area (Å²) in [5.41, 5.74) is 25.8. The molecule has 6 rings (SSSR count). The maximum atomic E-state index is 15.3. The van der Waals surface area contributed by atoms with Crippen molar-refractivity contribution in [3.8, 4) is 5.75 Å². The summed E-state index contributed by atoms with van der Waals surface area (Å²) in [6, 6.07) is 28.6. The molecule has 113 heavy (non-hydrogen) atoms. The zero-order valence-electron chi connectivity index (χ0n) is 64.4. The monoisotopic (exact) mass is 1560 g/mol. The second-order valence-electron chi connectivity index (χ2n) is 29.1. The molecule has 10 atom stereocenters. The van der Waals surface area contributed by atoms with Gasteiger partial charge in [-0.25, -0.2) is 4.98 Å². The maximum Gasteiger partial charge on any atom is 0.305 e. The molecule has 1 aromatic heterocycles. The first-order valence-corrected chi connectivity index (χ1v) is 38.3. The molecule has 606 valence electrons. The van der Waals surface area contributed by atoms with Crippen molar-refractivity contribution in [3.63, 3.8) is 0 Å². The van der Waals surface area contributed by atoms with Crippen LogP contribution in [0.15, 0.2) is 140 Å². The summed E-state index contributed by atoms with van der Waals surface area (Å²) in [7, 11) is 0. The van der Waals surface area contributed by atoms with Gasteiger partial charge < -0.3 is 75.3 Å². The first-order valence-electron chi connectivity index (χ1n) is 38.3. The second kappa shape index (κ2) is 46.8. The van der Waals surface area contributed by atoms with Gasteiger partial charge in [-0.05, 0) is 109 Å². The number of fused-ring (bicyclic) bond motifs is 1. The number of carbonyl (C=O) groups excluding carboxylic acids is 12. The summed E-state index contributed by atoms with van der Waals surface area (Å²) in [5.74, 6) is -15.4. The highest BCUT2D eigenvalue weighted by Gasteiger charge is 2.38. The molecule has 0 aliphatic heterocycles. The third-order valence-electron chi connectivity index (χ3n) is 19.7. The largest absolute Gasteiger partial charge is 0.508 e. The van der Waals surface area contributed by atoms with Crippen LogP contribution in [0.2, 0.25) is 0 Å². The molecule has 30 heteroatoms. The van der Waals surface area contributed by atoms with E-state index in [0.717, 1.165) is 10.8 Å². The third-order valence-corrected chi connectivity index (χ3v) is 19.7. The molecule has 5 aromatic carbocycles. The van der Waals surface area contributed by atoms with Crippen LogP contribution >= 0.6 is 0 Å². The molecular weight excluding hydrogens is 1450 g/mol. The van der Waals surface area contributed by atoms with Gasteiger partial charge in [-0.15, -0.1) is 0 Å². The lowest BCUT2D eigenvalue weighted by Crippen LogP contribution is -2.50. The second-order valence-corrected chi connectivity index (χ2v) is 29.1. The molecule has 0 spiro atoms. The standard InChI is InChI=1S/C83H109N15O15/c1-4-5-23-64(96-81(113)62(50(2)3)46-71(102)63(84)40-53-26-29-61(99)30-27-53)69(100)32-34-76(107)94-67(45-60-48-90-49-93-60)74(105)44-58(37-51-16-8-6-9-17-51)79(111)95-65(24-15-36-92-83(88)89)72(103)43-59(39-54-25-28-55-20-12-13-21-56(55)38-54)80(112)98-68(47-77(108)109)73(104)42-57(22-14-35-91-82(86)87)78(110)97-66(70(101)31-33-75(85)106)41-52-18-10-7-11-19-52/h6-13,16-21,25-30,38,48-50,57-59,62-68,99H,4-5,14-15,22-24,31-37,39-47,84H2,1-3H3,(H2,85,106)(H,90,93)(H,94,107)(H,95,111)(H,96,113)(H,97,110)(H,98,112)(H,108,109)(H4,86,87,91)(H4,88,89,92)/t57-,58-,59-,62+,63+,64+,65+,66+,67+,68+/m1/s1. The quantitative estimate of drug-likeness (QED) is 0.0138. The van der Waals surface area contributed by atoms with Crippen LogP contribution in [-0.4, -0.2) is 158 Å². The average Bonchev–Trinajstić information content (AvgIpc) is 1.07. The molecule has 0 aliphatic carbocycles. The van der Waals surface area contributed by atoms with Gasteiger partial charge in [0.25, 0.3) is 0 Å². The van der Waals surface area contributed by atoms with E-state index in [1.807, 2.05) is 37.3 Å². The predicted molar refractivity (Wildman–Crippen MR) is 425 cm³/mol. The molecular formula is C83H109N15O15. The van der Waals surface area contributed by atoms with E-state index in [1.165, 1.54) is 24.7 Å². The average molecular weight is 1560 g/mol. The summed E-state index contributed by atoms with van der Waals surface area (Å²) in [6.45, 7) is 5.58. The maximum absolute atomic E-state index is 15.3. The molecule has 30 nitrogen and oxygen atoms in total. The number of carboxylic acids is 1. The summed E-state index contributed by atoms with van der Waals surface area (Å²) < 4.78 is 0. The fourth-order valence-corrected chi connectivity index (χ4v) is 13.3. The highest BCUT2D eigenvalue weighted by Crippen LogP contribution is 2.26. The lowest BCUT2D eigenvalue weighted by atomic mass is 9.86. The van der Waals surface area contributed by atoms with Crippen molar-refractivity contribution < 1.29 is 72.5 Å². The molecule has 6 aromatic rings. The lowest BCUT2D eigenvalue weighted by molar-refractivity contribution is -0.141. The Kier molecular flexibility index (Phi) is 37.3. The van der Waals surface area contributed by atoms with E-state index in [-0.39, 0.29) is 132 Å². The Hall–Kier alpha value is -11.8. The van der Waals surface area contributed by atoms with Crippen LogP contribution in [0.5, 0.6) is 5.75 Å². The smallest absolute Gasteiger partial charge is 0.305 e. The fraction of sp³-hybridized carbons (Fsp3) is 0.446. The van der Waals surface area contributed by atoms with Crippen LogP contribution in [0.4, 0.5) is 0 Å². The minimum atomic E-state index is -1.81. The molecule has 6 amide bonds. The number of imidazole rings is 1. The number of aromatic amines is 1. The van der Waals surface area contributed by atoms with Crippen molar-refractivity contribution in [1.29, 1.82) is 10.8 Å². The van der Waals surface area contributed by atoms with E-state index in [2.05, 4.69) is 47.2 Å².